The molecule has 1 heterocycles. The van der Waals surface area contributed by atoms with Gasteiger partial charge in [-0.05, 0) is 37.5 Å². The van der Waals surface area contributed by atoms with Crippen molar-refractivity contribution in [3.05, 3.63) is 17.6 Å². The summed E-state index contributed by atoms with van der Waals surface area (Å²) in [6.07, 6.45) is 3.48. The number of furan rings is 1. The van der Waals surface area contributed by atoms with Crippen LogP contribution in [0.5, 0.6) is 0 Å². The monoisotopic (exact) mass is 312 g/mol. The Balaban J connectivity index is 1.63. The lowest BCUT2D eigenvalue weighted by Gasteiger charge is -2.06. The summed E-state index contributed by atoms with van der Waals surface area (Å²) < 4.78 is 33.0. The lowest BCUT2D eigenvalue weighted by atomic mass is 10.1. The summed E-state index contributed by atoms with van der Waals surface area (Å²) in [7, 11) is -3.47. The molecule has 2 saturated carbocycles. The molecule has 2 aliphatic rings. The first kappa shape index (κ1) is 15.1. The van der Waals surface area contributed by atoms with Gasteiger partial charge in [-0.3, -0.25) is 0 Å². The number of rotatable bonds is 7. The van der Waals surface area contributed by atoms with E-state index in [4.69, 9.17) is 4.42 Å². The smallest absolute Gasteiger partial charge is 0.244 e. The Hall–Kier alpha value is -0.850. The Labute approximate surface area is 126 Å². The fourth-order valence-corrected chi connectivity index (χ4v) is 3.91. The van der Waals surface area contributed by atoms with E-state index in [2.05, 4.69) is 23.9 Å². The van der Waals surface area contributed by atoms with Gasteiger partial charge in [0.2, 0.25) is 10.0 Å². The number of hydrogen-bond acceptors (Lipinski definition) is 4. The Morgan fingerprint density at radius 3 is 2.62 bits per heavy atom. The number of nitrogens with one attached hydrogen (secondary N) is 2. The van der Waals surface area contributed by atoms with Crippen molar-refractivity contribution in [1.82, 2.24) is 10.0 Å². The largest absolute Gasteiger partial charge is 0.464 e. The van der Waals surface area contributed by atoms with Crippen molar-refractivity contribution in [3.63, 3.8) is 0 Å². The van der Waals surface area contributed by atoms with Gasteiger partial charge in [0.15, 0.2) is 0 Å². The van der Waals surface area contributed by atoms with E-state index in [0.717, 1.165) is 6.42 Å². The van der Waals surface area contributed by atoms with E-state index in [0.29, 0.717) is 36.6 Å². The predicted octanol–water partition coefficient (Wildman–Crippen LogP) is 2.16. The van der Waals surface area contributed by atoms with Crippen LogP contribution in [0, 0.1) is 18.3 Å². The van der Waals surface area contributed by atoms with Crippen molar-refractivity contribution in [2.45, 2.75) is 57.5 Å². The highest BCUT2D eigenvalue weighted by molar-refractivity contribution is 7.89. The molecule has 3 rings (SSSR count). The van der Waals surface area contributed by atoms with Crippen LogP contribution in [0.25, 0.3) is 0 Å². The third-order valence-electron chi connectivity index (χ3n) is 4.59. The van der Waals surface area contributed by atoms with Crippen molar-refractivity contribution in [2.75, 3.05) is 6.54 Å². The summed E-state index contributed by atoms with van der Waals surface area (Å²) in [5.41, 5.74) is 0.271. The summed E-state index contributed by atoms with van der Waals surface area (Å²) in [5.74, 6) is 1.59. The number of hydrogen-bond donors (Lipinski definition) is 2. The quantitative estimate of drug-likeness (QED) is 0.809. The average molecular weight is 312 g/mol. The minimum absolute atomic E-state index is 0.271. The summed E-state index contributed by atoms with van der Waals surface area (Å²) >= 11 is 0. The molecule has 21 heavy (non-hydrogen) atoms. The van der Waals surface area contributed by atoms with Gasteiger partial charge in [0.1, 0.15) is 16.4 Å². The van der Waals surface area contributed by atoms with Crippen LogP contribution in [0.15, 0.2) is 15.4 Å². The third kappa shape index (κ3) is 3.49. The molecule has 1 atom stereocenters. The first-order valence-corrected chi connectivity index (χ1v) is 9.08. The fourth-order valence-electron chi connectivity index (χ4n) is 2.62. The summed E-state index contributed by atoms with van der Waals surface area (Å²) in [6, 6.07) is 2.22. The van der Waals surface area contributed by atoms with Crippen LogP contribution in [-0.2, 0) is 16.6 Å². The molecule has 6 heteroatoms. The maximum absolute atomic E-state index is 12.4. The second kappa shape index (κ2) is 5.11. The van der Waals surface area contributed by atoms with Crippen molar-refractivity contribution >= 4 is 10.0 Å². The van der Waals surface area contributed by atoms with Crippen molar-refractivity contribution in [3.8, 4) is 0 Å². The van der Waals surface area contributed by atoms with Gasteiger partial charge in [-0.25, -0.2) is 13.1 Å². The van der Waals surface area contributed by atoms with E-state index in [1.807, 2.05) is 0 Å². The molecular weight excluding hydrogens is 288 g/mol. The highest BCUT2D eigenvalue weighted by atomic mass is 32.2. The first-order valence-electron chi connectivity index (χ1n) is 7.60. The molecule has 0 spiro atoms. The normalized spacial score (nSPS) is 24.2. The van der Waals surface area contributed by atoms with Crippen LogP contribution in [-0.4, -0.2) is 21.0 Å². The van der Waals surface area contributed by atoms with Crippen LogP contribution in [0.4, 0.5) is 0 Å². The third-order valence-corrected chi connectivity index (χ3v) is 6.12. The first-order chi connectivity index (χ1) is 9.78. The number of aryl methyl sites for hydroxylation is 1. The Kier molecular flexibility index (Phi) is 3.66. The van der Waals surface area contributed by atoms with Gasteiger partial charge in [-0.15, -0.1) is 0 Å². The molecule has 2 N–H and O–H groups in total. The second-order valence-corrected chi connectivity index (χ2v) is 8.77. The molecule has 1 unspecified atom stereocenters. The molecule has 0 aromatic carbocycles. The molecule has 1 aromatic rings. The average Bonchev–Trinajstić information content (AvgIpc) is 3.27. The minimum Gasteiger partial charge on any atom is -0.464 e. The summed E-state index contributed by atoms with van der Waals surface area (Å²) in [4.78, 5) is 0.272. The zero-order chi connectivity index (χ0) is 15.3. The summed E-state index contributed by atoms with van der Waals surface area (Å²) in [5, 5.41) is 3.33. The Bertz CT molecular complexity index is 629. The molecule has 5 nitrogen and oxygen atoms in total. The molecule has 118 valence electrons. The van der Waals surface area contributed by atoms with E-state index in [9.17, 15) is 8.42 Å². The van der Waals surface area contributed by atoms with Crippen molar-refractivity contribution < 1.29 is 12.8 Å². The van der Waals surface area contributed by atoms with Crippen molar-refractivity contribution in [1.29, 1.82) is 0 Å². The minimum atomic E-state index is -3.47. The van der Waals surface area contributed by atoms with Gasteiger partial charge in [0, 0.05) is 18.7 Å². The van der Waals surface area contributed by atoms with Crippen molar-refractivity contribution in [2.24, 2.45) is 11.3 Å². The maximum Gasteiger partial charge on any atom is 0.244 e. The second-order valence-electron chi connectivity index (χ2n) is 7.03. The lowest BCUT2D eigenvalue weighted by Crippen LogP contribution is -2.27. The standard InChI is InChI=1S/C15H24N2O3S/c1-10-14(6-13(20-10)9-16-12-4-5-12)21(18,19)17-8-11-7-15(11,2)3/h6,11-12,16-17H,4-5,7-9H2,1-3H3. The highest BCUT2D eigenvalue weighted by Gasteiger charge is 2.45. The van der Waals surface area contributed by atoms with Gasteiger partial charge in [0.25, 0.3) is 0 Å². The fraction of sp³-hybridized carbons (Fsp3) is 0.733. The molecule has 0 bridgehead atoms. The molecule has 0 amide bonds. The molecule has 0 aliphatic heterocycles. The van der Waals surface area contributed by atoms with E-state index < -0.39 is 10.0 Å². The van der Waals surface area contributed by atoms with E-state index in [1.165, 1.54) is 12.8 Å². The molecule has 0 radical (unpaired) electrons. The van der Waals surface area contributed by atoms with E-state index in [1.54, 1.807) is 13.0 Å². The van der Waals surface area contributed by atoms with E-state index in [-0.39, 0.29) is 10.3 Å². The van der Waals surface area contributed by atoms with Crippen LogP contribution in [0.2, 0.25) is 0 Å². The van der Waals surface area contributed by atoms with Gasteiger partial charge < -0.3 is 9.73 Å². The number of sulfonamides is 1. The molecular formula is C15H24N2O3S. The van der Waals surface area contributed by atoms with Gasteiger partial charge in [-0.1, -0.05) is 13.8 Å². The van der Waals surface area contributed by atoms with E-state index >= 15 is 0 Å². The van der Waals surface area contributed by atoms with Crippen LogP contribution >= 0.6 is 0 Å². The van der Waals surface area contributed by atoms with Crippen LogP contribution < -0.4 is 10.0 Å². The Morgan fingerprint density at radius 1 is 1.38 bits per heavy atom. The Morgan fingerprint density at radius 2 is 2.05 bits per heavy atom. The highest BCUT2D eigenvalue weighted by Crippen LogP contribution is 2.51. The molecule has 1 aromatic heterocycles. The van der Waals surface area contributed by atoms with Gasteiger partial charge >= 0.3 is 0 Å². The van der Waals surface area contributed by atoms with Gasteiger partial charge in [-0.2, -0.15) is 0 Å². The maximum atomic E-state index is 12.4. The van der Waals surface area contributed by atoms with Gasteiger partial charge in [0.05, 0.1) is 6.54 Å². The SMILES string of the molecule is Cc1oc(CNC2CC2)cc1S(=O)(=O)NCC1CC1(C)C. The molecule has 0 saturated heterocycles. The lowest BCUT2D eigenvalue weighted by molar-refractivity contribution is 0.456. The van der Waals surface area contributed by atoms with Crippen LogP contribution in [0.3, 0.4) is 0 Å². The van der Waals surface area contributed by atoms with Crippen LogP contribution in [0.1, 0.15) is 44.6 Å². The predicted molar refractivity (Wildman–Crippen MR) is 80.4 cm³/mol. The summed E-state index contributed by atoms with van der Waals surface area (Å²) in [6.45, 7) is 7.13. The molecule has 2 aliphatic carbocycles. The zero-order valence-corrected chi connectivity index (χ0v) is 13.7. The topological polar surface area (TPSA) is 71.3 Å². The molecule has 2 fully saturated rings. The zero-order valence-electron chi connectivity index (χ0n) is 12.9.